The van der Waals surface area contributed by atoms with E-state index in [-0.39, 0.29) is 6.10 Å². The van der Waals surface area contributed by atoms with Crippen molar-refractivity contribution < 1.29 is 5.11 Å². The van der Waals surface area contributed by atoms with Crippen molar-refractivity contribution in [2.75, 3.05) is 26.2 Å². The lowest BCUT2D eigenvalue weighted by molar-refractivity contribution is 0.0663. The van der Waals surface area contributed by atoms with Gasteiger partial charge in [0.05, 0.1) is 6.10 Å². The molecule has 1 unspecified atom stereocenters. The second-order valence-corrected chi connectivity index (χ2v) is 4.85. The molecule has 0 spiro atoms. The van der Waals surface area contributed by atoms with E-state index in [0.717, 1.165) is 19.6 Å². The van der Waals surface area contributed by atoms with Crippen LogP contribution in [0.3, 0.4) is 0 Å². The first kappa shape index (κ1) is 12.0. The fourth-order valence-electron chi connectivity index (χ4n) is 2.00. The van der Waals surface area contributed by atoms with Gasteiger partial charge in [-0.05, 0) is 31.3 Å². The average Bonchev–Trinajstić information content (AvgIpc) is 2.21. The van der Waals surface area contributed by atoms with E-state index in [1.54, 1.807) is 0 Å². The van der Waals surface area contributed by atoms with Crippen LogP contribution in [-0.4, -0.2) is 42.3 Å². The molecule has 0 aromatic rings. The fraction of sp³-hybridized carbons (Fsp3) is 1.00. The number of hydrogen-bond acceptors (Lipinski definition) is 3. The van der Waals surface area contributed by atoms with E-state index < -0.39 is 0 Å². The molecule has 84 valence electrons. The van der Waals surface area contributed by atoms with Crippen LogP contribution in [0.4, 0.5) is 0 Å². The van der Waals surface area contributed by atoms with Gasteiger partial charge in [-0.3, -0.25) is 0 Å². The first-order valence-electron chi connectivity index (χ1n) is 5.70. The van der Waals surface area contributed by atoms with E-state index in [1.165, 1.54) is 19.3 Å². The molecule has 0 aromatic carbocycles. The Morgan fingerprint density at radius 2 is 2.00 bits per heavy atom. The number of piperidine rings is 1. The van der Waals surface area contributed by atoms with Gasteiger partial charge in [0.25, 0.3) is 0 Å². The van der Waals surface area contributed by atoms with E-state index in [0.29, 0.717) is 12.0 Å². The number of hydrogen-bond donors (Lipinski definition) is 2. The third-order valence-corrected chi connectivity index (χ3v) is 3.66. The van der Waals surface area contributed by atoms with Gasteiger partial charge in [-0.1, -0.05) is 20.3 Å². The molecule has 1 heterocycles. The Kier molecular flexibility index (Phi) is 4.35. The van der Waals surface area contributed by atoms with E-state index in [1.807, 2.05) is 0 Å². The second-order valence-electron chi connectivity index (χ2n) is 4.85. The number of aliphatic hydroxyl groups is 1. The van der Waals surface area contributed by atoms with Crippen molar-refractivity contribution in [2.45, 2.75) is 39.2 Å². The summed E-state index contributed by atoms with van der Waals surface area (Å²) < 4.78 is 0. The lowest BCUT2D eigenvalue weighted by atomic mass is 9.78. The van der Waals surface area contributed by atoms with Crippen LogP contribution in [0, 0.1) is 5.41 Å². The Morgan fingerprint density at radius 3 is 2.43 bits per heavy atom. The highest BCUT2D eigenvalue weighted by Gasteiger charge is 2.28. The zero-order valence-corrected chi connectivity index (χ0v) is 9.50. The predicted octanol–water partition coefficient (Wildman–Crippen LogP) is 0.818. The van der Waals surface area contributed by atoms with Crippen molar-refractivity contribution >= 4 is 0 Å². The molecule has 1 rings (SSSR count). The normalized spacial score (nSPS) is 24.9. The minimum atomic E-state index is -0.346. The van der Waals surface area contributed by atoms with Crippen LogP contribution < -0.4 is 5.73 Å². The summed E-state index contributed by atoms with van der Waals surface area (Å²) in [4.78, 5) is 2.33. The molecule has 0 aliphatic carbocycles. The highest BCUT2D eigenvalue weighted by molar-refractivity contribution is 4.82. The minimum absolute atomic E-state index is 0.346. The van der Waals surface area contributed by atoms with Crippen LogP contribution in [0.25, 0.3) is 0 Å². The summed E-state index contributed by atoms with van der Waals surface area (Å²) in [7, 11) is 0. The van der Waals surface area contributed by atoms with Crippen LogP contribution in [0.1, 0.15) is 33.1 Å². The summed E-state index contributed by atoms with van der Waals surface area (Å²) in [6.45, 7) is 7.98. The summed E-state index contributed by atoms with van der Waals surface area (Å²) in [6, 6.07) is 0. The van der Waals surface area contributed by atoms with Gasteiger partial charge in [0.15, 0.2) is 0 Å². The quantitative estimate of drug-likeness (QED) is 0.706. The SMILES string of the molecule is CCC1(C)CCN(CC(O)CN)CC1. The molecule has 3 nitrogen and oxygen atoms in total. The lowest BCUT2D eigenvalue weighted by Gasteiger charge is -2.39. The summed E-state index contributed by atoms with van der Waals surface area (Å²) in [5.74, 6) is 0. The topological polar surface area (TPSA) is 49.5 Å². The third kappa shape index (κ3) is 3.23. The number of nitrogens with zero attached hydrogens (tertiary/aromatic N) is 1. The number of likely N-dealkylation sites (tertiary alicyclic amines) is 1. The third-order valence-electron chi connectivity index (χ3n) is 3.66. The molecular weight excluding hydrogens is 176 g/mol. The Morgan fingerprint density at radius 1 is 1.43 bits per heavy atom. The van der Waals surface area contributed by atoms with Gasteiger partial charge in [0.2, 0.25) is 0 Å². The first-order valence-corrected chi connectivity index (χ1v) is 5.70. The summed E-state index contributed by atoms with van der Waals surface area (Å²) >= 11 is 0. The number of aliphatic hydroxyl groups excluding tert-OH is 1. The maximum Gasteiger partial charge on any atom is 0.0789 e. The maximum absolute atomic E-state index is 9.43. The van der Waals surface area contributed by atoms with Crippen molar-refractivity contribution in [3.8, 4) is 0 Å². The highest BCUT2D eigenvalue weighted by atomic mass is 16.3. The summed E-state index contributed by atoms with van der Waals surface area (Å²) in [5, 5.41) is 9.43. The van der Waals surface area contributed by atoms with Crippen LogP contribution in [0.15, 0.2) is 0 Å². The molecule has 0 saturated carbocycles. The zero-order chi connectivity index (χ0) is 10.6. The molecule has 14 heavy (non-hydrogen) atoms. The number of nitrogens with two attached hydrogens (primary N) is 1. The fourth-order valence-corrected chi connectivity index (χ4v) is 2.00. The van der Waals surface area contributed by atoms with E-state index in [4.69, 9.17) is 5.73 Å². The molecule has 1 atom stereocenters. The lowest BCUT2D eigenvalue weighted by Crippen LogP contribution is -2.43. The van der Waals surface area contributed by atoms with Crippen molar-refractivity contribution in [3.05, 3.63) is 0 Å². The maximum atomic E-state index is 9.43. The first-order chi connectivity index (χ1) is 6.59. The molecular formula is C11H24N2O. The molecule has 1 aliphatic rings. The van der Waals surface area contributed by atoms with E-state index >= 15 is 0 Å². The van der Waals surface area contributed by atoms with Crippen molar-refractivity contribution in [1.29, 1.82) is 0 Å². The van der Waals surface area contributed by atoms with Crippen LogP contribution >= 0.6 is 0 Å². The van der Waals surface area contributed by atoms with Gasteiger partial charge in [0, 0.05) is 13.1 Å². The molecule has 1 aliphatic heterocycles. The molecule has 1 fully saturated rings. The Bertz CT molecular complexity index is 165. The monoisotopic (exact) mass is 200 g/mol. The van der Waals surface area contributed by atoms with Crippen molar-refractivity contribution in [3.63, 3.8) is 0 Å². The molecule has 0 radical (unpaired) electrons. The molecule has 3 heteroatoms. The summed E-state index contributed by atoms with van der Waals surface area (Å²) in [6.07, 6.45) is 3.42. The smallest absolute Gasteiger partial charge is 0.0789 e. The Labute approximate surface area is 87.3 Å². The molecule has 3 N–H and O–H groups in total. The number of rotatable bonds is 4. The molecule has 0 bridgehead atoms. The van der Waals surface area contributed by atoms with Gasteiger partial charge in [-0.25, -0.2) is 0 Å². The predicted molar refractivity (Wildman–Crippen MR) is 59.1 cm³/mol. The Balaban J connectivity index is 2.29. The molecule has 0 amide bonds. The van der Waals surface area contributed by atoms with Gasteiger partial charge in [-0.2, -0.15) is 0 Å². The van der Waals surface area contributed by atoms with Gasteiger partial charge in [-0.15, -0.1) is 0 Å². The summed E-state index contributed by atoms with van der Waals surface area (Å²) in [5.41, 5.74) is 5.92. The highest BCUT2D eigenvalue weighted by Crippen LogP contribution is 2.33. The van der Waals surface area contributed by atoms with Gasteiger partial charge in [0.1, 0.15) is 0 Å². The van der Waals surface area contributed by atoms with Gasteiger partial charge < -0.3 is 15.7 Å². The van der Waals surface area contributed by atoms with E-state index in [2.05, 4.69) is 18.7 Å². The number of β-amino-alcohol motifs (C(OH)–C–C–N with tert-alkyl or cyclic N) is 1. The largest absolute Gasteiger partial charge is 0.390 e. The zero-order valence-electron chi connectivity index (χ0n) is 9.50. The van der Waals surface area contributed by atoms with Crippen molar-refractivity contribution in [2.24, 2.45) is 11.1 Å². The Hall–Kier alpha value is -0.120. The molecule has 1 saturated heterocycles. The van der Waals surface area contributed by atoms with Crippen LogP contribution in [-0.2, 0) is 0 Å². The van der Waals surface area contributed by atoms with Crippen LogP contribution in [0.5, 0.6) is 0 Å². The second kappa shape index (κ2) is 5.10. The minimum Gasteiger partial charge on any atom is -0.390 e. The van der Waals surface area contributed by atoms with Crippen LogP contribution in [0.2, 0.25) is 0 Å². The molecule has 0 aromatic heterocycles. The van der Waals surface area contributed by atoms with Crippen molar-refractivity contribution in [1.82, 2.24) is 4.90 Å². The average molecular weight is 200 g/mol. The standard InChI is InChI=1S/C11H24N2O/c1-3-11(2)4-6-13(7-5-11)9-10(14)8-12/h10,14H,3-9,12H2,1-2H3. The van der Waals surface area contributed by atoms with E-state index in [9.17, 15) is 5.11 Å². The van der Waals surface area contributed by atoms with Gasteiger partial charge >= 0.3 is 0 Å².